The first-order valence-electron chi connectivity index (χ1n) is 6.47. The minimum Gasteiger partial charge on any atom is -0.481 e. The number of aliphatic carboxylic acids is 1. The molecule has 1 saturated carbocycles. The standard InChI is InChI=1S/C13H24N2O3/c1-13(2,3)10(8-11(16)17)14-12(18)15(4)9-6-5-7-9/h9-10H,5-8H2,1-4H3,(H,14,18)(H,16,17). The number of hydrogen-bond donors (Lipinski definition) is 2. The summed E-state index contributed by atoms with van der Waals surface area (Å²) in [5, 5.41) is 11.7. The Bertz CT molecular complexity index is 319. The Morgan fingerprint density at radius 3 is 2.28 bits per heavy atom. The first-order chi connectivity index (χ1) is 8.21. The molecule has 0 aliphatic heterocycles. The molecular formula is C13H24N2O3. The normalized spacial score (nSPS) is 17.8. The quantitative estimate of drug-likeness (QED) is 0.809. The van der Waals surface area contributed by atoms with E-state index < -0.39 is 5.97 Å². The van der Waals surface area contributed by atoms with E-state index in [9.17, 15) is 9.59 Å². The third kappa shape index (κ3) is 3.89. The van der Waals surface area contributed by atoms with Crippen molar-refractivity contribution < 1.29 is 14.7 Å². The van der Waals surface area contributed by atoms with Crippen molar-refractivity contribution in [2.45, 2.75) is 58.5 Å². The number of carboxylic acids is 1. The Morgan fingerprint density at radius 1 is 1.39 bits per heavy atom. The molecule has 0 radical (unpaired) electrons. The Kier molecular flexibility index (Phi) is 4.59. The highest BCUT2D eigenvalue weighted by Crippen LogP contribution is 2.25. The molecule has 0 bridgehead atoms. The molecule has 1 unspecified atom stereocenters. The van der Waals surface area contributed by atoms with Gasteiger partial charge in [0.1, 0.15) is 0 Å². The fourth-order valence-electron chi connectivity index (χ4n) is 1.94. The molecule has 1 aliphatic carbocycles. The highest BCUT2D eigenvalue weighted by Gasteiger charge is 2.32. The fourth-order valence-corrected chi connectivity index (χ4v) is 1.94. The lowest BCUT2D eigenvalue weighted by molar-refractivity contribution is -0.138. The summed E-state index contributed by atoms with van der Waals surface area (Å²) < 4.78 is 0. The molecule has 0 heterocycles. The number of carbonyl (C=O) groups excluding carboxylic acids is 1. The van der Waals surface area contributed by atoms with Crippen LogP contribution in [0.5, 0.6) is 0 Å². The van der Waals surface area contributed by atoms with Crippen LogP contribution in [0.25, 0.3) is 0 Å². The zero-order valence-corrected chi connectivity index (χ0v) is 11.7. The lowest BCUT2D eigenvalue weighted by Crippen LogP contribution is -2.53. The van der Waals surface area contributed by atoms with Gasteiger partial charge in [-0.3, -0.25) is 4.79 Å². The van der Waals surface area contributed by atoms with E-state index >= 15 is 0 Å². The smallest absolute Gasteiger partial charge is 0.317 e. The molecule has 0 saturated heterocycles. The predicted octanol–water partition coefficient (Wildman–Crippen LogP) is 2.07. The average molecular weight is 256 g/mol. The van der Waals surface area contributed by atoms with Gasteiger partial charge in [-0.1, -0.05) is 20.8 Å². The van der Waals surface area contributed by atoms with Gasteiger partial charge in [0.25, 0.3) is 0 Å². The number of amides is 2. The van der Waals surface area contributed by atoms with Gasteiger partial charge in [0, 0.05) is 19.1 Å². The SMILES string of the molecule is CN(C(=O)NC(CC(=O)O)C(C)(C)C)C1CCC1. The molecular weight excluding hydrogens is 232 g/mol. The maximum Gasteiger partial charge on any atom is 0.317 e. The number of carboxylic acid groups (broad SMARTS) is 1. The summed E-state index contributed by atoms with van der Waals surface area (Å²) >= 11 is 0. The zero-order chi connectivity index (χ0) is 13.9. The lowest BCUT2D eigenvalue weighted by Gasteiger charge is -2.37. The second-order valence-electron chi connectivity index (χ2n) is 6.16. The van der Waals surface area contributed by atoms with Crippen LogP contribution in [0.2, 0.25) is 0 Å². The third-order valence-electron chi connectivity index (χ3n) is 3.66. The molecule has 0 aromatic heterocycles. The number of rotatable bonds is 4. The lowest BCUT2D eigenvalue weighted by atomic mass is 9.85. The highest BCUT2D eigenvalue weighted by atomic mass is 16.4. The maximum atomic E-state index is 12.0. The predicted molar refractivity (Wildman–Crippen MR) is 69.4 cm³/mol. The van der Waals surface area contributed by atoms with Crippen LogP contribution in [-0.2, 0) is 4.79 Å². The third-order valence-corrected chi connectivity index (χ3v) is 3.66. The van der Waals surface area contributed by atoms with Gasteiger partial charge < -0.3 is 15.3 Å². The monoisotopic (exact) mass is 256 g/mol. The molecule has 0 aromatic carbocycles. The molecule has 1 fully saturated rings. The van der Waals surface area contributed by atoms with E-state index in [0.717, 1.165) is 12.8 Å². The molecule has 1 atom stereocenters. The van der Waals surface area contributed by atoms with Crippen LogP contribution in [0.1, 0.15) is 46.5 Å². The molecule has 1 rings (SSSR count). The zero-order valence-electron chi connectivity index (χ0n) is 11.7. The molecule has 5 heteroatoms. The van der Waals surface area contributed by atoms with Crippen molar-refractivity contribution in [3.63, 3.8) is 0 Å². The topological polar surface area (TPSA) is 69.6 Å². The van der Waals surface area contributed by atoms with Crippen LogP contribution >= 0.6 is 0 Å². The summed E-state index contributed by atoms with van der Waals surface area (Å²) in [6.07, 6.45) is 3.21. The molecule has 0 spiro atoms. The number of nitrogens with zero attached hydrogens (tertiary/aromatic N) is 1. The summed E-state index contributed by atoms with van der Waals surface area (Å²) in [5.41, 5.74) is -0.269. The average Bonchev–Trinajstić information content (AvgIpc) is 2.11. The molecule has 104 valence electrons. The molecule has 1 aliphatic rings. The van der Waals surface area contributed by atoms with Crippen molar-refractivity contribution in [2.75, 3.05) is 7.05 Å². The first kappa shape index (κ1) is 14.8. The summed E-state index contributed by atoms with van der Waals surface area (Å²) in [5.74, 6) is -0.887. The second kappa shape index (κ2) is 5.59. The molecule has 5 nitrogen and oxygen atoms in total. The second-order valence-corrected chi connectivity index (χ2v) is 6.16. The Balaban J connectivity index is 2.59. The number of urea groups is 1. The van der Waals surface area contributed by atoms with E-state index in [1.807, 2.05) is 20.8 Å². The number of nitrogens with one attached hydrogen (secondary N) is 1. The van der Waals surface area contributed by atoms with Crippen LogP contribution in [0, 0.1) is 5.41 Å². The van der Waals surface area contributed by atoms with Gasteiger partial charge in [-0.15, -0.1) is 0 Å². The summed E-state index contributed by atoms with van der Waals surface area (Å²) in [4.78, 5) is 24.6. The van der Waals surface area contributed by atoms with Crippen molar-refractivity contribution in [3.05, 3.63) is 0 Å². The Hall–Kier alpha value is -1.26. The Labute approximate surface area is 109 Å². The van der Waals surface area contributed by atoms with Gasteiger partial charge in [-0.05, 0) is 24.7 Å². The minimum absolute atomic E-state index is 0.0479. The van der Waals surface area contributed by atoms with Crippen molar-refractivity contribution >= 4 is 12.0 Å². The van der Waals surface area contributed by atoms with Gasteiger partial charge in [0.15, 0.2) is 0 Å². The fraction of sp³-hybridized carbons (Fsp3) is 0.846. The van der Waals surface area contributed by atoms with Gasteiger partial charge in [-0.25, -0.2) is 4.79 Å². The van der Waals surface area contributed by atoms with E-state index in [0.29, 0.717) is 6.04 Å². The van der Waals surface area contributed by atoms with E-state index in [4.69, 9.17) is 5.11 Å². The van der Waals surface area contributed by atoms with Gasteiger partial charge in [-0.2, -0.15) is 0 Å². The highest BCUT2D eigenvalue weighted by molar-refractivity contribution is 5.76. The van der Waals surface area contributed by atoms with E-state index in [2.05, 4.69) is 5.32 Å². The molecule has 18 heavy (non-hydrogen) atoms. The van der Waals surface area contributed by atoms with Gasteiger partial charge >= 0.3 is 12.0 Å². The molecule has 2 amide bonds. The first-order valence-corrected chi connectivity index (χ1v) is 6.47. The van der Waals surface area contributed by atoms with E-state index in [1.54, 1.807) is 11.9 Å². The largest absolute Gasteiger partial charge is 0.481 e. The molecule has 2 N–H and O–H groups in total. The Morgan fingerprint density at radius 2 is 1.94 bits per heavy atom. The summed E-state index contributed by atoms with van der Waals surface area (Å²) in [6.45, 7) is 5.80. The van der Waals surface area contributed by atoms with Crippen molar-refractivity contribution in [3.8, 4) is 0 Å². The van der Waals surface area contributed by atoms with Crippen LogP contribution in [0.4, 0.5) is 4.79 Å². The van der Waals surface area contributed by atoms with Crippen LogP contribution < -0.4 is 5.32 Å². The summed E-state index contributed by atoms with van der Waals surface area (Å²) in [6, 6.07) is -0.207. The maximum absolute atomic E-state index is 12.0. The summed E-state index contributed by atoms with van der Waals surface area (Å²) in [7, 11) is 1.78. The van der Waals surface area contributed by atoms with Gasteiger partial charge in [0.05, 0.1) is 6.42 Å². The van der Waals surface area contributed by atoms with Crippen molar-refractivity contribution in [1.82, 2.24) is 10.2 Å². The van der Waals surface area contributed by atoms with Crippen LogP contribution in [0.15, 0.2) is 0 Å². The van der Waals surface area contributed by atoms with Crippen LogP contribution in [0.3, 0.4) is 0 Å². The minimum atomic E-state index is -0.887. The van der Waals surface area contributed by atoms with Crippen molar-refractivity contribution in [1.29, 1.82) is 0 Å². The van der Waals surface area contributed by atoms with Crippen molar-refractivity contribution in [2.24, 2.45) is 5.41 Å². The van der Waals surface area contributed by atoms with Crippen LogP contribution in [-0.4, -0.2) is 41.1 Å². The van der Waals surface area contributed by atoms with E-state index in [-0.39, 0.29) is 23.9 Å². The van der Waals surface area contributed by atoms with E-state index in [1.165, 1.54) is 6.42 Å². The number of hydrogen-bond acceptors (Lipinski definition) is 2. The molecule has 0 aromatic rings. The number of carbonyl (C=O) groups is 2. The van der Waals surface area contributed by atoms with Gasteiger partial charge in [0.2, 0.25) is 0 Å².